The molecule has 1 rings (SSSR count). The molecule has 1 aromatic carbocycles. The van der Waals surface area contributed by atoms with Gasteiger partial charge in [-0.1, -0.05) is 29.8 Å². The van der Waals surface area contributed by atoms with E-state index in [1.807, 2.05) is 24.3 Å². The second kappa shape index (κ2) is 5.82. The maximum Gasteiger partial charge on any atom is 0.0656 e. The molecule has 0 spiro atoms. The summed E-state index contributed by atoms with van der Waals surface area (Å²) in [5.74, 6) is 0. The topological polar surface area (TPSA) is 0 Å². The van der Waals surface area contributed by atoms with Crippen molar-refractivity contribution in [2.45, 2.75) is 0 Å². The van der Waals surface area contributed by atoms with Gasteiger partial charge in [0.05, 0.1) is 1.59 Å². The van der Waals surface area contributed by atoms with Gasteiger partial charge in [0.1, 0.15) is 0 Å². The summed E-state index contributed by atoms with van der Waals surface area (Å²) >= 11 is 12.4. The second-order valence-electron chi connectivity index (χ2n) is 2.27. The average molecular weight is 436 g/mol. The maximum atomic E-state index is 6.09. The van der Waals surface area contributed by atoms with Gasteiger partial charge in [0.15, 0.2) is 0 Å². The lowest BCUT2D eigenvalue weighted by atomic mass is 10.2. The standard InChI is InChI=1S/C9H7ClI2S/c1-13-8(9(11)12)6-4-2-3-5-7(6)10/h2-5H,1H3. The average Bonchev–Trinajstić information content (AvgIpc) is 2.09. The lowest BCUT2D eigenvalue weighted by molar-refractivity contribution is 1.65. The fourth-order valence-corrected chi connectivity index (χ4v) is 3.68. The normalized spacial score (nSPS) is 9.85. The van der Waals surface area contributed by atoms with Crippen molar-refractivity contribution in [3.63, 3.8) is 0 Å². The van der Waals surface area contributed by atoms with Crippen LogP contribution in [0.3, 0.4) is 0 Å². The molecule has 0 aliphatic carbocycles. The Morgan fingerprint density at radius 3 is 2.38 bits per heavy atom. The minimum atomic E-state index is 0.817. The van der Waals surface area contributed by atoms with Gasteiger partial charge in [-0.2, -0.15) is 0 Å². The predicted octanol–water partition coefficient (Wildman–Crippen LogP) is 5.20. The van der Waals surface area contributed by atoms with Gasteiger partial charge in [-0.15, -0.1) is 11.8 Å². The van der Waals surface area contributed by atoms with Crippen molar-refractivity contribution >= 4 is 73.4 Å². The first kappa shape index (κ1) is 12.1. The van der Waals surface area contributed by atoms with Crippen molar-refractivity contribution < 1.29 is 0 Å². The van der Waals surface area contributed by atoms with Crippen LogP contribution in [0.25, 0.3) is 4.91 Å². The monoisotopic (exact) mass is 436 g/mol. The van der Waals surface area contributed by atoms with E-state index in [2.05, 4.69) is 51.4 Å². The Kier molecular flexibility index (Phi) is 5.43. The molecule has 0 N–H and O–H groups in total. The summed E-state index contributed by atoms with van der Waals surface area (Å²) in [6.45, 7) is 0. The molecule has 0 aliphatic heterocycles. The summed E-state index contributed by atoms with van der Waals surface area (Å²) in [6, 6.07) is 7.92. The molecule has 0 amide bonds. The van der Waals surface area contributed by atoms with E-state index in [-0.39, 0.29) is 0 Å². The van der Waals surface area contributed by atoms with Crippen LogP contribution in [0, 0.1) is 0 Å². The smallest absolute Gasteiger partial charge is 0.0656 e. The second-order valence-corrected chi connectivity index (χ2v) is 7.72. The molecule has 0 radical (unpaired) electrons. The third-order valence-electron chi connectivity index (χ3n) is 1.49. The Labute approximate surface area is 115 Å². The molecule has 0 unspecified atom stereocenters. The lowest BCUT2D eigenvalue weighted by Crippen LogP contribution is -1.81. The van der Waals surface area contributed by atoms with Crippen LogP contribution < -0.4 is 0 Å². The molecule has 0 aliphatic rings. The number of benzene rings is 1. The zero-order chi connectivity index (χ0) is 9.84. The highest BCUT2D eigenvalue weighted by molar-refractivity contribution is 14.2. The Morgan fingerprint density at radius 1 is 1.31 bits per heavy atom. The third-order valence-corrected chi connectivity index (χ3v) is 4.47. The van der Waals surface area contributed by atoms with Gasteiger partial charge in [-0.25, -0.2) is 0 Å². The summed E-state index contributed by atoms with van der Waals surface area (Å²) in [4.78, 5) is 1.24. The minimum absolute atomic E-state index is 0.817. The van der Waals surface area contributed by atoms with Crippen LogP contribution in [0.5, 0.6) is 0 Å². The molecule has 0 atom stereocenters. The highest BCUT2D eigenvalue weighted by Gasteiger charge is 2.07. The van der Waals surface area contributed by atoms with Crippen molar-refractivity contribution in [1.29, 1.82) is 0 Å². The lowest BCUT2D eigenvalue weighted by Gasteiger charge is -2.06. The number of hydrogen-bond acceptors (Lipinski definition) is 1. The van der Waals surface area contributed by atoms with E-state index in [1.54, 1.807) is 11.8 Å². The fourth-order valence-electron chi connectivity index (χ4n) is 0.934. The van der Waals surface area contributed by atoms with Crippen molar-refractivity contribution in [3.8, 4) is 0 Å². The van der Waals surface area contributed by atoms with Crippen LogP contribution in [0.4, 0.5) is 0 Å². The predicted molar refractivity (Wildman–Crippen MR) is 79.9 cm³/mol. The summed E-state index contributed by atoms with van der Waals surface area (Å²) < 4.78 is 1.25. The summed E-state index contributed by atoms with van der Waals surface area (Å²) in [5.41, 5.74) is 1.12. The van der Waals surface area contributed by atoms with Crippen LogP contribution in [0.15, 0.2) is 25.9 Å². The van der Waals surface area contributed by atoms with Gasteiger partial charge >= 0.3 is 0 Å². The molecule has 0 aromatic heterocycles. The quantitative estimate of drug-likeness (QED) is 0.575. The highest BCUT2D eigenvalue weighted by Crippen LogP contribution is 2.38. The van der Waals surface area contributed by atoms with E-state index in [9.17, 15) is 0 Å². The molecular formula is C9H7ClI2S. The Hall–Kier alpha value is 1.06. The summed E-state index contributed by atoms with van der Waals surface area (Å²) in [7, 11) is 0. The molecule has 4 heteroatoms. The molecule has 0 saturated carbocycles. The van der Waals surface area contributed by atoms with Crippen LogP contribution in [0.1, 0.15) is 5.56 Å². The van der Waals surface area contributed by atoms with Gasteiger partial charge < -0.3 is 0 Å². The van der Waals surface area contributed by atoms with E-state index in [0.717, 1.165) is 10.6 Å². The van der Waals surface area contributed by atoms with E-state index < -0.39 is 0 Å². The molecule has 13 heavy (non-hydrogen) atoms. The van der Waals surface area contributed by atoms with Crippen molar-refractivity contribution in [3.05, 3.63) is 36.4 Å². The molecule has 0 saturated heterocycles. The Balaban J connectivity index is 3.21. The third kappa shape index (κ3) is 3.28. The Bertz CT molecular complexity index is 332. The van der Waals surface area contributed by atoms with Crippen molar-refractivity contribution in [2.24, 2.45) is 0 Å². The van der Waals surface area contributed by atoms with Gasteiger partial charge in [0.25, 0.3) is 0 Å². The molecule has 0 nitrogen and oxygen atoms in total. The van der Waals surface area contributed by atoms with Crippen molar-refractivity contribution in [1.82, 2.24) is 0 Å². The maximum absolute atomic E-state index is 6.09. The SMILES string of the molecule is CSC(=C(I)I)c1ccccc1Cl. The zero-order valence-electron chi connectivity index (χ0n) is 6.85. The zero-order valence-corrected chi connectivity index (χ0v) is 12.7. The Morgan fingerprint density at radius 2 is 1.92 bits per heavy atom. The first-order valence-corrected chi connectivity index (χ1v) is 7.27. The molecule has 0 heterocycles. The highest BCUT2D eigenvalue weighted by atomic mass is 127. The number of rotatable bonds is 2. The number of hydrogen-bond donors (Lipinski definition) is 0. The van der Waals surface area contributed by atoms with Crippen LogP contribution >= 0.6 is 68.5 Å². The molecule has 70 valence electrons. The fraction of sp³-hybridized carbons (Fsp3) is 0.111. The van der Waals surface area contributed by atoms with Gasteiger partial charge in [0, 0.05) is 15.5 Å². The molecule has 0 bridgehead atoms. The summed E-state index contributed by atoms with van der Waals surface area (Å²) in [6.07, 6.45) is 2.07. The molecule has 0 fully saturated rings. The number of halogens is 3. The van der Waals surface area contributed by atoms with Gasteiger partial charge in [0.2, 0.25) is 0 Å². The molecule has 1 aromatic rings. The van der Waals surface area contributed by atoms with E-state index in [4.69, 9.17) is 11.6 Å². The first-order chi connectivity index (χ1) is 6.16. The van der Waals surface area contributed by atoms with E-state index in [0.29, 0.717) is 0 Å². The van der Waals surface area contributed by atoms with Crippen LogP contribution in [-0.4, -0.2) is 6.26 Å². The van der Waals surface area contributed by atoms with E-state index in [1.165, 1.54) is 6.49 Å². The van der Waals surface area contributed by atoms with Gasteiger partial charge in [-0.3, -0.25) is 0 Å². The number of thioether (sulfide) groups is 1. The van der Waals surface area contributed by atoms with Crippen LogP contribution in [-0.2, 0) is 0 Å². The largest absolute Gasteiger partial charge is 0.127 e. The van der Waals surface area contributed by atoms with Crippen LogP contribution in [0.2, 0.25) is 5.02 Å². The molecular weight excluding hydrogens is 429 g/mol. The van der Waals surface area contributed by atoms with Gasteiger partial charge in [-0.05, 0) is 57.5 Å². The minimum Gasteiger partial charge on any atom is -0.127 e. The van der Waals surface area contributed by atoms with E-state index >= 15 is 0 Å². The first-order valence-electron chi connectivity index (χ1n) is 3.51. The summed E-state index contributed by atoms with van der Waals surface area (Å²) in [5, 5.41) is 0.817. The van der Waals surface area contributed by atoms with Crippen molar-refractivity contribution in [2.75, 3.05) is 6.26 Å².